The van der Waals surface area contributed by atoms with Crippen LogP contribution in [0.5, 0.6) is 0 Å². The van der Waals surface area contributed by atoms with Gasteiger partial charge in [0, 0.05) is 34.6 Å². The molecule has 1 amide bonds. The van der Waals surface area contributed by atoms with Crippen molar-refractivity contribution in [3.05, 3.63) is 59.0 Å². The van der Waals surface area contributed by atoms with E-state index < -0.39 is 0 Å². The lowest BCUT2D eigenvalue weighted by Gasteiger charge is -2.06. The first-order valence-corrected chi connectivity index (χ1v) is 7.82. The van der Waals surface area contributed by atoms with Crippen molar-refractivity contribution in [2.24, 2.45) is 7.05 Å². The molecule has 7 heteroatoms. The van der Waals surface area contributed by atoms with E-state index in [9.17, 15) is 4.79 Å². The summed E-state index contributed by atoms with van der Waals surface area (Å²) in [6.45, 7) is 0.351. The fourth-order valence-electron chi connectivity index (χ4n) is 2.82. The number of H-pyrrole nitrogens is 1. The van der Waals surface area contributed by atoms with E-state index in [1.54, 1.807) is 6.20 Å². The summed E-state index contributed by atoms with van der Waals surface area (Å²) in [6.07, 6.45) is 1.69. The average molecular weight is 340 g/mol. The third-order valence-corrected chi connectivity index (χ3v) is 4.31. The summed E-state index contributed by atoms with van der Waals surface area (Å²) in [5, 5.41) is 12.5. The second-order valence-electron chi connectivity index (χ2n) is 5.55. The number of rotatable bonds is 3. The van der Waals surface area contributed by atoms with Crippen LogP contribution in [0.25, 0.3) is 21.9 Å². The van der Waals surface area contributed by atoms with Crippen molar-refractivity contribution in [1.82, 2.24) is 25.1 Å². The number of carbonyl (C=O) groups excluding carboxylic acids is 1. The maximum atomic E-state index is 12.5. The summed E-state index contributed by atoms with van der Waals surface area (Å²) in [6, 6.07) is 11.2. The van der Waals surface area contributed by atoms with Crippen LogP contribution in [0.15, 0.2) is 42.6 Å². The Morgan fingerprint density at radius 3 is 3.08 bits per heavy atom. The van der Waals surface area contributed by atoms with Gasteiger partial charge in [0.05, 0.1) is 12.2 Å². The lowest BCUT2D eigenvalue weighted by molar-refractivity contribution is 0.0943. The normalized spacial score (nSPS) is 11.2. The molecule has 3 aromatic heterocycles. The van der Waals surface area contributed by atoms with Crippen LogP contribution in [0.2, 0.25) is 5.02 Å². The first-order valence-electron chi connectivity index (χ1n) is 7.44. The molecule has 6 nitrogen and oxygen atoms in total. The van der Waals surface area contributed by atoms with Gasteiger partial charge < -0.3 is 9.88 Å². The Hall–Kier alpha value is -2.86. The minimum Gasteiger partial charge on any atom is -0.345 e. The minimum atomic E-state index is -0.156. The van der Waals surface area contributed by atoms with E-state index in [-0.39, 0.29) is 5.91 Å². The number of hydrogen-bond donors (Lipinski definition) is 2. The van der Waals surface area contributed by atoms with Gasteiger partial charge in [-0.2, -0.15) is 5.10 Å². The minimum absolute atomic E-state index is 0.156. The number of halogens is 1. The van der Waals surface area contributed by atoms with Gasteiger partial charge in [-0.25, -0.2) is 4.98 Å². The third-order valence-electron chi connectivity index (χ3n) is 4.07. The van der Waals surface area contributed by atoms with Crippen molar-refractivity contribution < 1.29 is 4.79 Å². The molecular weight excluding hydrogens is 326 g/mol. The Morgan fingerprint density at radius 2 is 2.21 bits per heavy atom. The number of fused-ring (bicyclic) bond motifs is 2. The standard InChI is InChI=1S/C17H14ClN5O/c1-23-14-8-11(18)5-4-10(14)7-15(23)17(24)20-9-13-12-3-2-6-19-16(12)22-21-13/h2-8H,9H2,1H3,(H,20,24)(H,19,21,22). The molecule has 0 aliphatic heterocycles. The number of aromatic nitrogens is 4. The van der Waals surface area contributed by atoms with Crippen molar-refractivity contribution in [1.29, 1.82) is 0 Å². The van der Waals surface area contributed by atoms with Gasteiger partial charge in [-0.1, -0.05) is 17.7 Å². The molecule has 0 bridgehead atoms. The second kappa shape index (κ2) is 5.65. The largest absolute Gasteiger partial charge is 0.345 e. The molecule has 4 rings (SSSR count). The molecule has 0 aliphatic rings. The highest BCUT2D eigenvalue weighted by Crippen LogP contribution is 2.22. The van der Waals surface area contributed by atoms with Crippen LogP contribution in [0.3, 0.4) is 0 Å². The molecule has 24 heavy (non-hydrogen) atoms. The molecular formula is C17H14ClN5O. The summed E-state index contributed by atoms with van der Waals surface area (Å²) < 4.78 is 1.84. The summed E-state index contributed by atoms with van der Waals surface area (Å²) in [4.78, 5) is 16.7. The Morgan fingerprint density at radius 1 is 1.33 bits per heavy atom. The molecule has 1 aromatic carbocycles. The number of aromatic amines is 1. The van der Waals surface area contributed by atoms with Gasteiger partial charge in [0.2, 0.25) is 0 Å². The van der Waals surface area contributed by atoms with Crippen LogP contribution in [0.4, 0.5) is 0 Å². The molecule has 2 N–H and O–H groups in total. The lowest BCUT2D eigenvalue weighted by atomic mass is 10.2. The molecule has 3 heterocycles. The molecule has 0 fully saturated rings. The SMILES string of the molecule is Cn1c(C(=O)NCc2[nH]nc3ncccc23)cc2ccc(Cl)cc21. The number of amides is 1. The van der Waals surface area contributed by atoms with E-state index in [1.165, 1.54) is 0 Å². The summed E-state index contributed by atoms with van der Waals surface area (Å²) in [5.74, 6) is -0.156. The fourth-order valence-corrected chi connectivity index (χ4v) is 2.98. The topological polar surface area (TPSA) is 75.6 Å². The van der Waals surface area contributed by atoms with Gasteiger partial charge in [0.15, 0.2) is 5.65 Å². The molecule has 0 saturated heterocycles. The van der Waals surface area contributed by atoms with Crippen molar-refractivity contribution in [3.8, 4) is 0 Å². The number of hydrogen-bond acceptors (Lipinski definition) is 3. The van der Waals surface area contributed by atoms with Crippen molar-refractivity contribution in [3.63, 3.8) is 0 Å². The monoisotopic (exact) mass is 339 g/mol. The summed E-state index contributed by atoms with van der Waals surface area (Å²) in [5.41, 5.74) is 2.97. The Kier molecular flexibility index (Phi) is 3.46. The third kappa shape index (κ3) is 2.41. The number of nitrogens with one attached hydrogen (secondary N) is 2. The molecule has 0 aliphatic carbocycles. The molecule has 0 radical (unpaired) electrons. The predicted molar refractivity (Wildman–Crippen MR) is 93.0 cm³/mol. The lowest BCUT2D eigenvalue weighted by Crippen LogP contribution is -2.25. The highest BCUT2D eigenvalue weighted by atomic mass is 35.5. The highest BCUT2D eigenvalue weighted by Gasteiger charge is 2.14. The van der Waals surface area contributed by atoms with E-state index >= 15 is 0 Å². The van der Waals surface area contributed by atoms with Crippen LogP contribution in [-0.2, 0) is 13.6 Å². The number of carbonyl (C=O) groups is 1. The predicted octanol–water partition coefficient (Wildman–Crippen LogP) is 3.03. The van der Waals surface area contributed by atoms with Crippen LogP contribution in [-0.4, -0.2) is 25.7 Å². The average Bonchev–Trinajstić information content (AvgIpc) is 3.14. The van der Waals surface area contributed by atoms with Gasteiger partial charge in [0.25, 0.3) is 5.91 Å². The molecule has 0 saturated carbocycles. The zero-order valence-corrected chi connectivity index (χ0v) is 13.6. The highest BCUT2D eigenvalue weighted by molar-refractivity contribution is 6.31. The van der Waals surface area contributed by atoms with Crippen LogP contribution >= 0.6 is 11.6 Å². The molecule has 120 valence electrons. The Balaban J connectivity index is 1.59. The first kappa shape index (κ1) is 14.7. The van der Waals surface area contributed by atoms with Crippen molar-refractivity contribution in [2.45, 2.75) is 6.54 Å². The number of pyridine rings is 1. The molecule has 0 atom stereocenters. The molecule has 4 aromatic rings. The van der Waals surface area contributed by atoms with Gasteiger partial charge in [-0.05, 0) is 30.3 Å². The van der Waals surface area contributed by atoms with Gasteiger partial charge >= 0.3 is 0 Å². The number of nitrogens with zero attached hydrogens (tertiary/aromatic N) is 3. The maximum Gasteiger partial charge on any atom is 0.268 e. The number of aryl methyl sites for hydroxylation is 1. The van der Waals surface area contributed by atoms with E-state index in [4.69, 9.17) is 11.6 Å². The second-order valence-corrected chi connectivity index (χ2v) is 5.99. The summed E-state index contributed by atoms with van der Waals surface area (Å²) >= 11 is 6.03. The van der Waals surface area contributed by atoms with E-state index in [0.717, 1.165) is 22.0 Å². The fraction of sp³-hybridized carbons (Fsp3) is 0.118. The van der Waals surface area contributed by atoms with Gasteiger partial charge in [-0.3, -0.25) is 9.89 Å². The Labute approximate surface area is 142 Å². The van der Waals surface area contributed by atoms with Crippen LogP contribution < -0.4 is 5.32 Å². The van der Waals surface area contributed by atoms with Crippen LogP contribution in [0, 0.1) is 0 Å². The summed E-state index contributed by atoms with van der Waals surface area (Å²) in [7, 11) is 1.85. The van der Waals surface area contributed by atoms with E-state index in [0.29, 0.717) is 22.9 Å². The van der Waals surface area contributed by atoms with Crippen molar-refractivity contribution in [2.75, 3.05) is 0 Å². The van der Waals surface area contributed by atoms with Crippen LogP contribution in [0.1, 0.15) is 16.2 Å². The van der Waals surface area contributed by atoms with Gasteiger partial charge in [-0.15, -0.1) is 0 Å². The smallest absolute Gasteiger partial charge is 0.268 e. The zero-order valence-electron chi connectivity index (χ0n) is 12.9. The Bertz CT molecular complexity index is 1070. The molecule has 0 spiro atoms. The van der Waals surface area contributed by atoms with E-state index in [2.05, 4.69) is 20.5 Å². The first-order chi connectivity index (χ1) is 11.6. The van der Waals surface area contributed by atoms with Crippen molar-refractivity contribution >= 4 is 39.4 Å². The van der Waals surface area contributed by atoms with E-state index in [1.807, 2.05) is 48.0 Å². The number of benzene rings is 1. The van der Waals surface area contributed by atoms with Gasteiger partial charge in [0.1, 0.15) is 5.69 Å². The quantitative estimate of drug-likeness (QED) is 0.602. The maximum absolute atomic E-state index is 12.5. The molecule has 0 unspecified atom stereocenters. The zero-order chi connectivity index (χ0) is 16.7.